The number of aromatic nitrogens is 1. The van der Waals surface area contributed by atoms with Crippen LogP contribution in [0.2, 0.25) is 0 Å². The summed E-state index contributed by atoms with van der Waals surface area (Å²) in [6.07, 6.45) is 14.4. The average molecular weight is 419 g/mol. The quantitative estimate of drug-likeness (QED) is 0.562. The van der Waals surface area contributed by atoms with Gasteiger partial charge in [0.15, 0.2) is 17.3 Å². The molecule has 0 saturated heterocycles. The van der Waals surface area contributed by atoms with Crippen molar-refractivity contribution in [2.24, 2.45) is 22.7 Å². The summed E-state index contributed by atoms with van der Waals surface area (Å²) in [7, 11) is 1.74. The van der Waals surface area contributed by atoms with Crippen LogP contribution in [0.3, 0.4) is 0 Å². The molecule has 0 spiro atoms. The zero-order chi connectivity index (χ0) is 21.4. The molecule has 0 amide bonds. The highest BCUT2D eigenvalue weighted by atomic mass is 16.5. The Balaban J connectivity index is 1.64. The number of methoxy groups -OCH3 is 1. The summed E-state index contributed by atoms with van der Waals surface area (Å²) in [4.78, 5) is 8.45. The maximum absolute atomic E-state index is 6.50. The summed E-state index contributed by atoms with van der Waals surface area (Å²) in [5.74, 6) is 4.00. The molecule has 0 radical (unpaired) electrons. The van der Waals surface area contributed by atoms with Gasteiger partial charge in [0.05, 0.1) is 18.5 Å². The number of furan rings is 1. The molecule has 0 aromatic carbocycles. The molecule has 0 saturated carbocycles. The van der Waals surface area contributed by atoms with Crippen molar-refractivity contribution in [3.8, 4) is 17.2 Å². The first-order valence-electron chi connectivity index (χ1n) is 12.0. The number of nitrogens with zero attached hydrogens (tertiary/aromatic N) is 1. The maximum Gasteiger partial charge on any atom is 0.175 e. The lowest BCUT2D eigenvalue weighted by molar-refractivity contribution is 0.341. The van der Waals surface area contributed by atoms with Crippen LogP contribution < -0.4 is 4.74 Å². The minimum absolute atomic E-state index is 0.434. The molecule has 31 heavy (non-hydrogen) atoms. The summed E-state index contributed by atoms with van der Waals surface area (Å²) >= 11 is 0. The predicted molar refractivity (Wildman–Crippen MR) is 126 cm³/mol. The number of rotatable bonds is 4. The van der Waals surface area contributed by atoms with E-state index in [-0.39, 0.29) is 0 Å². The number of aliphatic imine (C=N–C) groups is 1. The van der Waals surface area contributed by atoms with Gasteiger partial charge in [0.2, 0.25) is 0 Å². The summed E-state index contributed by atoms with van der Waals surface area (Å²) in [6.45, 7) is 4.72. The van der Waals surface area contributed by atoms with E-state index in [1.165, 1.54) is 67.5 Å². The second-order valence-electron chi connectivity index (χ2n) is 9.59. The number of hydrogen-bond donors (Lipinski definition) is 1. The zero-order valence-corrected chi connectivity index (χ0v) is 19.0. The third-order valence-corrected chi connectivity index (χ3v) is 7.21. The minimum atomic E-state index is 0.434. The molecule has 6 rings (SSSR count). The van der Waals surface area contributed by atoms with E-state index >= 15 is 0 Å². The minimum Gasteiger partial charge on any atom is -0.493 e. The van der Waals surface area contributed by atoms with Crippen LogP contribution in [0, 0.1) is 17.8 Å². The molecule has 2 aromatic rings. The first-order valence-corrected chi connectivity index (χ1v) is 12.0. The topological polar surface area (TPSA) is 50.5 Å². The van der Waals surface area contributed by atoms with Crippen molar-refractivity contribution in [3.05, 3.63) is 47.5 Å². The monoisotopic (exact) mass is 418 g/mol. The molecule has 2 aliphatic heterocycles. The van der Waals surface area contributed by atoms with E-state index in [9.17, 15) is 0 Å². The van der Waals surface area contributed by atoms with E-state index < -0.39 is 0 Å². The van der Waals surface area contributed by atoms with Crippen molar-refractivity contribution < 1.29 is 9.15 Å². The van der Waals surface area contributed by atoms with E-state index in [0.29, 0.717) is 17.8 Å². The standard InChI is InChI=1S/C27H34N2O2/c1-17(2)24-19-12-9-7-5-4-6-8-11-18-15-20(24)26(29-18)25(19)27-23(30-3)16-22(31-27)21-13-10-14-28-21/h10,13-17,19,24,28H,4-9,11-12H2,1-3H3/t19-,24+/m1/s1. The van der Waals surface area contributed by atoms with Gasteiger partial charge in [-0.15, -0.1) is 0 Å². The summed E-state index contributed by atoms with van der Waals surface area (Å²) in [6, 6.07) is 6.05. The lowest BCUT2D eigenvalue weighted by atomic mass is 9.77. The Labute approximate surface area is 185 Å². The van der Waals surface area contributed by atoms with Gasteiger partial charge < -0.3 is 14.1 Å². The fraction of sp³-hybridized carbons (Fsp3) is 0.519. The fourth-order valence-corrected chi connectivity index (χ4v) is 5.79. The number of fused-ring (bicyclic) bond motifs is 7. The van der Waals surface area contributed by atoms with Gasteiger partial charge in [-0.2, -0.15) is 0 Å². The van der Waals surface area contributed by atoms with Crippen molar-refractivity contribution in [3.63, 3.8) is 0 Å². The molecule has 0 fully saturated rings. The molecule has 4 aliphatic rings. The van der Waals surface area contributed by atoms with E-state index in [0.717, 1.165) is 29.4 Å². The predicted octanol–water partition coefficient (Wildman–Crippen LogP) is 7.41. The average Bonchev–Trinajstić information content (AvgIpc) is 3.52. The van der Waals surface area contributed by atoms with Crippen LogP contribution in [-0.2, 0) is 0 Å². The second kappa shape index (κ2) is 8.57. The van der Waals surface area contributed by atoms with Gasteiger partial charge in [0.1, 0.15) is 0 Å². The van der Waals surface area contributed by atoms with Crippen molar-refractivity contribution in [2.75, 3.05) is 7.11 Å². The first-order chi connectivity index (χ1) is 15.2. The smallest absolute Gasteiger partial charge is 0.175 e. The van der Waals surface area contributed by atoms with Gasteiger partial charge in [-0.3, -0.25) is 4.99 Å². The van der Waals surface area contributed by atoms with Gasteiger partial charge in [0.25, 0.3) is 0 Å². The lowest BCUT2D eigenvalue weighted by Crippen LogP contribution is -2.19. The van der Waals surface area contributed by atoms with Gasteiger partial charge >= 0.3 is 0 Å². The molecule has 4 heteroatoms. The van der Waals surface area contributed by atoms with E-state index in [1.54, 1.807) is 7.11 Å². The number of hydrogen-bond acceptors (Lipinski definition) is 3. The maximum atomic E-state index is 6.50. The Bertz CT molecular complexity index is 1020. The molecular formula is C27H34N2O2. The Morgan fingerprint density at radius 2 is 1.94 bits per heavy atom. The number of H-pyrrole nitrogens is 1. The molecule has 2 atom stereocenters. The number of ether oxygens (including phenoxy) is 1. The van der Waals surface area contributed by atoms with Crippen molar-refractivity contribution in [1.82, 2.24) is 4.98 Å². The summed E-state index contributed by atoms with van der Waals surface area (Å²) < 4.78 is 12.3. The van der Waals surface area contributed by atoms with E-state index in [4.69, 9.17) is 14.1 Å². The lowest BCUT2D eigenvalue weighted by Gasteiger charge is -2.26. The molecule has 1 N–H and O–H groups in total. The largest absolute Gasteiger partial charge is 0.493 e. The van der Waals surface area contributed by atoms with Crippen LogP contribution in [0.15, 0.2) is 51.2 Å². The Morgan fingerprint density at radius 1 is 1.13 bits per heavy atom. The first kappa shape index (κ1) is 20.4. The van der Waals surface area contributed by atoms with Crippen molar-refractivity contribution in [1.29, 1.82) is 0 Å². The normalized spacial score (nSPS) is 24.1. The third-order valence-electron chi connectivity index (χ3n) is 7.21. The van der Waals surface area contributed by atoms with E-state index in [2.05, 4.69) is 24.9 Å². The van der Waals surface area contributed by atoms with Crippen molar-refractivity contribution >= 4 is 11.3 Å². The number of allylic oxidation sites excluding steroid dienone is 3. The fourth-order valence-electron chi connectivity index (χ4n) is 5.79. The van der Waals surface area contributed by atoms with Gasteiger partial charge in [-0.05, 0) is 60.8 Å². The molecule has 164 valence electrons. The van der Waals surface area contributed by atoms with Gasteiger partial charge in [0, 0.05) is 23.5 Å². The SMILES string of the molecule is COc1cc(-c2ccc[nH]2)oc1C1=C2N=C3C=C2[C@@H](C(C)C)[C@H]1CCCCCCCC3. The zero-order valence-electron chi connectivity index (χ0n) is 19.0. The van der Waals surface area contributed by atoms with Gasteiger partial charge in [-0.25, -0.2) is 0 Å². The molecule has 2 aliphatic carbocycles. The highest BCUT2D eigenvalue weighted by molar-refractivity contribution is 6.02. The number of nitrogens with one attached hydrogen (secondary N) is 1. The van der Waals surface area contributed by atoms with E-state index in [1.807, 2.05) is 24.4 Å². The van der Waals surface area contributed by atoms with Crippen LogP contribution in [0.25, 0.3) is 17.0 Å². The Hall–Kier alpha value is -2.49. The molecule has 4 heterocycles. The third kappa shape index (κ3) is 3.71. The second-order valence-corrected chi connectivity index (χ2v) is 9.59. The van der Waals surface area contributed by atoms with Crippen LogP contribution in [-0.4, -0.2) is 17.8 Å². The highest BCUT2D eigenvalue weighted by Gasteiger charge is 2.44. The molecule has 2 aromatic heterocycles. The number of aromatic amines is 1. The van der Waals surface area contributed by atoms with Crippen LogP contribution in [0.1, 0.15) is 71.0 Å². The van der Waals surface area contributed by atoms with Crippen LogP contribution >= 0.6 is 0 Å². The molecule has 4 nitrogen and oxygen atoms in total. The highest BCUT2D eigenvalue weighted by Crippen LogP contribution is 2.55. The Morgan fingerprint density at radius 3 is 2.68 bits per heavy atom. The van der Waals surface area contributed by atoms with Crippen molar-refractivity contribution in [2.45, 2.75) is 65.2 Å². The van der Waals surface area contributed by atoms with Crippen LogP contribution in [0.5, 0.6) is 5.75 Å². The molecule has 0 unspecified atom stereocenters. The van der Waals surface area contributed by atoms with Gasteiger partial charge in [-0.1, -0.05) is 46.0 Å². The molecular weight excluding hydrogens is 384 g/mol. The summed E-state index contributed by atoms with van der Waals surface area (Å²) in [5.41, 5.74) is 6.10. The Kier molecular flexibility index (Phi) is 5.64. The molecule has 4 bridgehead atoms. The van der Waals surface area contributed by atoms with Crippen LogP contribution in [0.4, 0.5) is 0 Å². The summed E-state index contributed by atoms with van der Waals surface area (Å²) in [5, 5.41) is 0.